The molecule has 1 N–H and O–H groups in total. The molecule has 1 aliphatic rings. The summed E-state index contributed by atoms with van der Waals surface area (Å²) >= 11 is 12.2. The highest BCUT2D eigenvalue weighted by molar-refractivity contribution is 7.92. The van der Waals surface area contributed by atoms with E-state index in [0.29, 0.717) is 10.0 Å². The van der Waals surface area contributed by atoms with Crippen molar-refractivity contribution in [3.63, 3.8) is 0 Å². The zero-order valence-corrected chi connectivity index (χ0v) is 23.9. The molecule has 7 nitrogen and oxygen atoms in total. The van der Waals surface area contributed by atoms with E-state index >= 15 is 0 Å². The lowest BCUT2D eigenvalue weighted by Gasteiger charge is -2.32. The molecule has 3 aromatic rings. The van der Waals surface area contributed by atoms with Crippen molar-refractivity contribution in [2.75, 3.05) is 10.8 Å². The fraction of sp³-hybridized carbons (Fsp3) is 0.310. The summed E-state index contributed by atoms with van der Waals surface area (Å²) in [6, 6.07) is 20.6. The van der Waals surface area contributed by atoms with Gasteiger partial charge in [0.25, 0.3) is 10.0 Å². The second-order valence-corrected chi connectivity index (χ2v) is 12.4. The quantitative estimate of drug-likeness (QED) is 0.331. The molecular weight excluding hydrogens is 557 g/mol. The third-order valence-electron chi connectivity index (χ3n) is 6.84. The minimum absolute atomic E-state index is 0.0266. The van der Waals surface area contributed by atoms with Crippen LogP contribution in [0.1, 0.15) is 38.2 Å². The standard InChI is InChI=1S/C29H31Cl2N3O4S/c1-21(29(36)32-25-11-5-6-12-25)33(19-22-8-3-2-4-9-22)28(35)20-34(26-13-7-10-24(31)18-26)39(37,38)27-16-14-23(30)15-17-27/h2-4,7-10,13-18,21,25H,5-6,11-12,19-20H2,1H3,(H,32,36)/t21-/m1/s1. The number of benzene rings is 3. The molecule has 10 heteroatoms. The first-order valence-corrected chi connectivity index (χ1v) is 15.0. The van der Waals surface area contributed by atoms with Gasteiger partial charge in [-0.3, -0.25) is 13.9 Å². The third kappa shape index (κ3) is 7.32. The van der Waals surface area contributed by atoms with Crippen LogP contribution in [-0.4, -0.2) is 43.8 Å². The van der Waals surface area contributed by atoms with Crippen LogP contribution in [0.25, 0.3) is 0 Å². The molecule has 3 aromatic carbocycles. The van der Waals surface area contributed by atoms with Gasteiger partial charge in [0, 0.05) is 22.6 Å². The average Bonchev–Trinajstić information content (AvgIpc) is 3.43. The summed E-state index contributed by atoms with van der Waals surface area (Å²) in [6.45, 7) is 1.28. The summed E-state index contributed by atoms with van der Waals surface area (Å²) in [5.41, 5.74) is 1.05. The molecule has 0 bridgehead atoms. The molecule has 206 valence electrons. The summed E-state index contributed by atoms with van der Waals surface area (Å²) in [6.07, 6.45) is 3.94. The van der Waals surface area contributed by atoms with Gasteiger partial charge in [-0.15, -0.1) is 0 Å². The van der Waals surface area contributed by atoms with Crippen molar-refractivity contribution in [3.8, 4) is 0 Å². The van der Waals surface area contributed by atoms with Crippen LogP contribution in [0.2, 0.25) is 10.0 Å². The van der Waals surface area contributed by atoms with Gasteiger partial charge in [-0.1, -0.05) is 72.4 Å². The smallest absolute Gasteiger partial charge is 0.264 e. The van der Waals surface area contributed by atoms with Crippen molar-refractivity contribution in [2.24, 2.45) is 0 Å². The van der Waals surface area contributed by atoms with Crippen LogP contribution in [0, 0.1) is 0 Å². The molecule has 0 spiro atoms. The van der Waals surface area contributed by atoms with Crippen molar-refractivity contribution in [1.82, 2.24) is 10.2 Å². The van der Waals surface area contributed by atoms with Gasteiger partial charge in [-0.25, -0.2) is 8.42 Å². The Kier molecular flexibility index (Phi) is 9.53. The maximum absolute atomic E-state index is 13.9. The lowest BCUT2D eigenvalue weighted by atomic mass is 10.1. The van der Waals surface area contributed by atoms with Gasteiger partial charge in [0.05, 0.1) is 10.6 Å². The van der Waals surface area contributed by atoms with Crippen LogP contribution in [0.15, 0.2) is 83.8 Å². The molecule has 2 amide bonds. The van der Waals surface area contributed by atoms with Crippen LogP contribution < -0.4 is 9.62 Å². The number of hydrogen-bond acceptors (Lipinski definition) is 4. The Bertz CT molecular complexity index is 1400. The summed E-state index contributed by atoms with van der Waals surface area (Å²) in [5.74, 6) is -0.786. The highest BCUT2D eigenvalue weighted by Gasteiger charge is 2.33. The molecule has 4 rings (SSSR count). The maximum atomic E-state index is 13.9. The van der Waals surface area contributed by atoms with Crippen LogP contribution in [0.4, 0.5) is 5.69 Å². The third-order valence-corrected chi connectivity index (χ3v) is 9.12. The molecule has 1 saturated carbocycles. The van der Waals surface area contributed by atoms with Crippen molar-refractivity contribution in [3.05, 3.63) is 94.5 Å². The zero-order valence-electron chi connectivity index (χ0n) is 21.6. The van der Waals surface area contributed by atoms with Crippen LogP contribution >= 0.6 is 23.2 Å². The minimum atomic E-state index is -4.19. The summed E-state index contributed by atoms with van der Waals surface area (Å²) in [7, 11) is -4.19. The fourth-order valence-electron chi connectivity index (χ4n) is 4.65. The van der Waals surface area contributed by atoms with E-state index in [9.17, 15) is 18.0 Å². The van der Waals surface area contributed by atoms with Crippen molar-refractivity contribution < 1.29 is 18.0 Å². The van der Waals surface area contributed by atoms with Gasteiger partial charge in [0.15, 0.2) is 0 Å². The number of hydrogen-bond donors (Lipinski definition) is 1. The lowest BCUT2D eigenvalue weighted by Crippen LogP contribution is -2.52. The first-order chi connectivity index (χ1) is 18.6. The van der Waals surface area contributed by atoms with Crippen molar-refractivity contribution >= 4 is 50.7 Å². The topological polar surface area (TPSA) is 86.8 Å². The Balaban J connectivity index is 1.67. The SMILES string of the molecule is C[C@H](C(=O)NC1CCCC1)N(Cc1ccccc1)C(=O)CN(c1cccc(Cl)c1)S(=O)(=O)c1ccc(Cl)cc1. The molecule has 0 saturated heterocycles. The van der Waals surface area contributed by atoms with Crippen molar-refractivity contribution in [2.45, 2.75) is 56.1 Å². The van der Waals surface area contributed by atoms with E-state index in [1.165, 1.54) is 35.2 Å². The average molecular weight is 589 g/mol. The molecule has 0 heterocycles. The van der Waals surface area contributed by atoms with E-state index in [-0.39, 0.29) is 29.1 Å². The fourth-order valence-corrected chi connectivity index (χ4v) is 6.36. The molecule has 0 radical (unpaired) electrons. The Hall–Kier alpha value is -3.07. The number of carbonyl (C=O) groups is 2. The van der Waals surface area contributed by atoms with E-state index in [1.54, 1.807) is 25.1 Å². The molecule has 0 unspecified atom stereocenters. The molecule has 0 aliphatic heterocycles. The Morgan fingerprint density at radius 3 is 2.23 bits per heavy atom. The molecule has 39 heavy (non-hydrogen) atoms. The van der Waals surface area contributed by atoms with Gasteiger partial charge in [0.1, 0.15) is 12.6 Å². The molecule has 0 aromatic heterocycles. The largest absolute Gasteiger partial charge is 0.352 e. The lowest BCUT2D eigenvalue weighted by molar-refractivity contribution is -0.139. The first kappa shape index (κ1) is 28.9. The Labute approximate surface area is 239 Å². The van der Waals surface area contributed by atoms with E-state index in [0.717, 1.165) is 35.6 Å². The number of sulfonamides is 1. The highest BCUT2D eigenvalue weighted by atomic mass is 35.5. The zero-order chi connectivity index (χ0) is 28.0. The van der Waals surface area contributed by atoms with Crippen LogP contribution in [0.5, 0.6) is 0 Å². The maximum Gasteiger partial charge on any atom is 0.264 e. The Morgan fingerprint density at radius 2 is 1.59 bits per heavy atom. The van der Waals surface area contributed by atoms with Gasteiger partial charge in [0.2, 0.25) is 11.8 Å². The number of anilines is 1. The highest BCUT2D eigenvalue weighted by Crippen LogP contribution is 2.27. The second kappa shape index (κ2) is 12.9. The van der Waals surface area contributed by atoms with Gasteiger partial charge >= 0.3 is 0 Å². The first-order valence-electron chi connectivity index (χ1n) is 12.8. The van der Waals surface area contributed by atoms with Gasteiger partial charge in [-0.2, -0.15) is 0 Å². The second-order valence-electron chi connectivity index (χ2n) is 9.62. The minimum Gasteiger partial charge on any atom is -0.352 e. The monoisotopic (exact) mass is 587 g/mol. The normalized spacial score (nSPS) is 14.5. The summed E-state index contributed by atoms with van der Waals surface area (Å²) < 4.78 is 28.6. The van der Waals surface area contributed by atoms with Crippen LogP contribution in [-0.2, 0) is 26.2 Å². The van der Waals surface area contributed by atoms with E-state index < -0.39 is 28.5 Å². The number of rotatable bonds is 10. The number of amides is 2. The number of nitrogens with zero attached hydrogens (tertiary/aromatic N) is 2. The van der Waals surface area contributed by atoms with E-state index in [4.69, 9.17) is 23.2 Å². The van der Waals surface area contributed by atoms with Gasteiger partial charge < -0.3 is 10.2 Å². The number of halogens is 2. The van der Waals surface area contributed by atoms with Gasteiger partial charge in [-0.05, 0) is 67.8 Å². The number of carbonyl (C=O) groups excluding carboxylic acids is 2. The molecule has 1 atom stereocenters. The molecular formula is C29H31Cl2N3O4S. The Morgan fingerprint density at radius 1 is 0.923 bits per heavy atom. The molecule has 1 aliphatic carbocycles. The van der Waals surface area contributed by atoms with E-state index in [2.05, 4.69) is 5.32 Å². The summed E-state index contributed by atoms with van der Waals surface area (Å²) in [4.78, 5) is 28.5. The predicted molar refractivity (Wildman–Crippen MR) is 154 cm³/mol. The molecule has 1 fully saturated rings. The van der Waals surface area contributed by atoms with Crippen LogP contribution in [0.3, 0.4) is 0 Å². The summed E-state index contributed by atoms with van der Waals surface area (Å²) in [5, 5.41) is 3.76. The predicted octanol–water partition coefficient (Wildman–Crippen LogP) is 5.66. The van der Waals surface area contributed by atoms with Crippen molar-refractivity contribution in [1.29, 1.82) is 0 Å². The number of nitrogens with one attached hydrogen (secondary N) is 1. The van der Waals surface area contributed by atoms with E-state index in [1.807, 2.05) is 30.3 Å².